The number of imidazole rings is 1. The second-order valence-electron chi connectivity index (χ2n) is 10.6. The van der Waals surface area contributed by atoms with Crippen molar-refractivity contribution in [2.24, 2.45) is 0 Å². The standard InChI is InChI=1S/C35H36N4O2S/c1-6-42-30-18-14-27(15-19-30)33(36-25(5)40)35(41)37-29-16-12-28(13-17-29)34-38-31-20-9-23(3)21-32(31)39(34)24(4)26-10-7-22(2)8-11-26/h7-21,24,33H,6H2,1-5H3,(H,36,40)(H,37,41). The Hall–Kier alpha value is -4.36. The molecule has 2 atom stereocenters. The van der Waals surface area contributed by atoms with Crippen LogP contribution in [0.1, 0.15) is 55.1 Å². The first-order valence-electron chi connectivity index (χ1n) is 14.2. The zero-order valence-electron chi connectivity index (χ0n) is 24.6. The van der Waals surface area contributed by atoms with Gasteiger partial charge in [-0.3, -0.25) is 9.59 Å². The molecular weight excluding hydrogens is 540 g/mol. The number of aryl methyl sites for hydroxylation is 2. The van der Waals surface area contributed by atoms with E-state index >= 15 is 0 Å². The molecule has 0 saturated heterocycles. The number of anilines is 1. The van der Waals surface area contributed by atoms with Gasteiger partial charge in [-0.1, -0.05) is 55.0 Å². The molecule has 0 aliphatic heterocycles. The van der Waals surface area contributed by atoms with Crippen molar-refractivity contribution < 1.29 is 9.59 Å². The Kier molecular flexibility index (Phi) is 8.78. The summed E-state index contributed by atoms with van der Waals surface area (Å²) in [5, 5.41) is 5.77. The monoisotopic (exact) mass is 576 g/mol. The largest absolute Gasteiger partial charge is 0.341 e. The van der Waals surface area contributed by atoms with E-state index in [1.165, 1.54) is 23.6 Å². The van der Waals surface area contributed by atoms with Crippen molar-refractivity contribution >= 4 is 40.3 Å². The van der Waals surface area contributed by atoms with Gasteiger partial charge in [-0.15, -0.1) is 11.8 Å². The maximum atomic E-state index is 13.3. The summed E-state index contributed by atoms with van der Waals surface area (Å²) in [6, 6.07) is 29.7. The quantitative estimate of drug-likeness (QED) is 0.175. The lowest BCUT2D eigenvalue weighted by Gasteiger charge is -2.20. The first-order valence-corrected chi connectivity index (χ1v) is 15.2. The van der Waals surface area contributed by atoms with Gasteiger partial charge in [0.25, 0.3) is 5.91 Å². The van der Waals surface area contributed by atoms with Gasteiger partial charge in [0.15, 0.2) is 0 Å². The van der Waals surface area contributed by atoms with Gasteiger partial charge >= 0.3 is 0 Å². The van der Waals surface area contributed by atoms with Gasteiger partial charge < -0.3 is 15.2 Å². The van der Waals surface area contributed by atoms with Gasteiger partial charge in [-0.2, -0.15) is 0 Å². The summed E-state index contributed by atoms with van der Waals surface area (Å²) in [6.07, 6.45) is 0. The predicted octanol–water partition coefficient (Wildman–Crippen LogP) is 7.86. The van der Waals surface area contributed by atoms with E-state index in [1.807, 2.05) is 48.5 Å². The van der Waals surface area contributed by atoms with Crippen LogP contribution >= 0.6 is 11.8 Å². The van der Waals surface area contributed by atoms with Crippen LogP contribution in [0.3, 0.4) is 0 Å². The number of carbonyl (C=O) groups excluding carboxylic acids is 2. The lowest BCUT2D eigenvalue weighted by molar-refractivity contribution is -0.125. The molecule has 0 aliphatic rings. The molecule has 0 saturated carbocycles. The van der Waals surface area contributed by atoms with Crippen molar-refractivity contribution in [2.75, 3.05) is 11.1 Å². The molecule has 0 aliphatic carbocycles. The highest BCUT2D eigenvalue weighted by Gasteiger charge is 2.23. The Bertz CT molecular complexity index is 1710. The van der Waals surface area contributed by atoms with Gasteiger partial charge in [-0.25, -0.2) is 4.98 Å². The summed E-state index contributed by atoms with van der Waals surface area (Å²) in [4.78, 5) is 31.4. The second-order valence-corrected chi connectivity index (χ2v) is 11.9. The minimum Gasteiger partial charge on any atom is -0.341 e. The summed E-state index contributed by atoms with van der Waals surface area (Å²) in [7, 11) is 0. The van der Waals surface area contributed by atoms with Crippen LogP contribution in [0.5, 0.6) is 0 Å². The van der Waals surface area contributed by atoms with Crippen LogP contribution < -0.4 is 10.6 Å². The molecule has 1 aromatic heterocycles. The average molecular weight is 577 g/mol. The van der Waals surface area contributed by atoms with Crippen LogP contribution in [0, 0.1) is 13.8 Å². The first kappa shape index (κ1) is 29.1. The van der Waals surface area contributed by atoms with Gasteiger partial charge in [0.05, 0.1) is 17.1 Å². The minimum absolute atomic E-state index is 0.0623. The third-order valence-corrected chi connectivity index (χ3v) is 8.23. The van der Waals surface area contributed by atoms with E-state index in [1.54, 1.807) is 11.8 Å². The normalized spacial score (nSPS) is 12.6. The lowest BCUT2D eigenvalue weighted by atomic mass is 10.0. The Morgan fingerprint density at radius 3 is 2.14 bits per heavy atom. The molecule has 2 amide bonds. The van der Waals surface area contributed by atoms with Gasteiger partial charge in [0.2, 0.25) is 5.91 Å². The van der Waals surface area contributed by atoms with Crippen molar-refractivity contribution in [1.29, 1.82) is 0 Å². The SMILES string of the molecule is CCSc1ccc(C(NC(C)=O)C(=O)Nc2ccc(-c3nc4ccc(C)cc4n3C(C)c3ccc(C)cc3)cc2)cc1. The number of nitrogens with zero attached hydrogens (tertiary/aromatic N) is 2. The highest BCUT2D eigenvalue weighted by Crippen LogP contribution is 2.33. The molecule has 0 bridgehead atoms. The molecule has 214 valence electrons. The number of amides is 2. The molecule has 5 aromatic rings. The number of fused-ring (bicyclic) bond motifs is 1. The highest BCUT2D eigenvalue weighted by atomic mass is 32.2. The molecule has 2 N–H and O–H groups in total. The van der Waals surface area contributed by atoms with Crippen LogP contribution in [-0.2, 0) is 9.59 Å². The number of nitrogens with one attached hydrogen (secondary N) is 2. The van der Waals surface area contributed by atoms with Gasteiger partial charge in [0, 0.05) is 23.1 Å². The zero-order valence-corrected chi connectivity index (χ0v) is 25.5. The zero-order chi connectivity index (χ0) is 29.8. The Labute approximate surface area is 251 Å². The summed E-state index contributed by atoms with van der Waals surface area (Å²) in [5.41, 5.74) is 7.95. The van der Waals surface area contributed by atoms with Crippen molar-refractivity contribution in [3.63, 3.8) is 0 Å². The minimum atomic E-state index is -0.800. The van der Waals surface area contributed by atoms with Gasteiger partial charge in [-0.05, 0) is 91.7 Å². The maximum absolute atomic E-state index is 13.3. The number of carbonyl (C=O) groups is 2. The second kappa shape index (κ2) is 12.7. The van der Waals surface area contributed by atoms with E-state index in [4.69, 9.17) is 4.98 Å². The molecule has 0 radical (unpaired) electrons. The molecule has 0 spiro atoms. The van der Waals surface area contributed by atoms with Crippen LogP contribution in [-0.4, -0.2) is 27.1 Å². The predicted molar refractivity (Wildman–Crippen MR) is 173 cm³/mol. The van der Waals surface area contributed by atoms with E-state index in [0.717, 1.165) is 38.6 Å². The smallest absolute Gasteiger partial charge is 0.251 e. The summed E-state index contributed by atoms with van der Waals surface area (Å²) >= 11 is 1.73. The van der Waals surface area contributed by atoms with E-state index in [9.17, 15) is 9.59 Å². The molecule has 5 rings (SSSR count). The molecule has 7 heteroatoms. The fraction of sp³-hybridized carbons (Fsp3) is 0.229. The van der Waals surface area contributed by atoms with E-state index in [-0.39, 0.29) is 17.9 Å². The molecule has 6 nitrogen and oxygen atoms in total. The third-order valence-electron chi connectivity index (χ3n) is 7.34. The Morgan fingerprint density at radius 2 is 1.50 bits per heavy atom. The first-order chi connectivity index (χ1) is 20.2. The van der Waals surface area contributed by atoms with Crippen LogP contribution in [0.2, 0.25) is 0 Å². The summed E-state index contributed by atoms with van der Waals surface area (Å²) < 4.78 is 2.29. The number of benzene rings is 4. The van der Waals surface area contributed by atoms with E-state index in [0.29, 0.717) is 5.69 Å². The highest BCUT2D eigenvalue weighted by molar-refractivity contribution is 7.99. The van der Waals surface area contributed by atoms with Crippen molar-refractivity contribution in [1.82, 2.24) is 14.9 Å². The summed E-state index contributed by atoms with van der Waals surface area (Å²) in [5.74, 6) is 1.26. The Morgan fingerprint density at radius 1 is 0.857 bits per heavy atom. The van der Waals surface area contributed by atoms with Crippen molar-refractivity contribution in [2.45, 2.75) is 51.6 Å². The molecule has 1 heterocycles. The average Bonchev–Trinajstić information content (AvgIpc) is 3.35. The molecular formula is C35H36N4O2S. The number of hydrogen-bond acceptors (Lipinski definition) is 4. The number of aromatic nitrogens is 2. The fourth-order valence-corrected chi connectivity index (χ4v) is 5.80. The number of hydrogen-bond donors (Lipinski definition) is 2. The lowest BCUT2D eigenvalue weighted by Crippen LogP contribution is -2.35. The van der Waals surface area contributed by atoms with Gasteiger partial charge in [0.1, 0.15) is 11.9 Å². The van der Waals surface area contributed by atoms with Crippen molar-refractivity contribution in [3.05, 3.63) is 113 Å². The van der Waals surface area contributed by atoms with E-state index < -0.39 is 6.04 Å². The fourth-order valence-electron chi connectivity index (χ4n) is 5.14. The van der Waals surface area contributed by atoms with Crippen LogP contribution in [0.25, 0.3) is 22.4 Å². The maximum Gasteiger partial charge on any atom is 0.251 e. The molecule has 2 unspecified atom stereocenters. The topological polar surface area (TPSA) is 76.0 Å². The molecule has 0 fully saturated rings. The van der Waals surface area contributed by atoms with E-state index in [2.05, 4.69) is 85.4 Å². The van der Waals surface area contributed by atoms with Crippen LogP contribution in [0.4, 0.5) is 5.69 Å². The van der Waals surface area contributed by atoms with Crippen LogP contribution in [0.15, 0.2) is 95.9 Å². The summed E-state index contributed by atoms with van der Waals surface area (Å²) in [6.45, 7) is 9.90. The number of thioether (sulfide) groups is 1. The molecule has 42 heavy (non-hydrogen) atoms. The molecule has 4 aromatic carbocycles. The Balaban J connectivity index is 1.43. The van der Waals surface area contributed by atoms with Crippen molar-refractivity contribution in [3.8, 4) is 11.4 Å². The third kappa shape index (κ3) is 6.42. The number of rotatable bonds is 9.